The molecule has 0 heterocycles. The Morgan fingerprint density at radius 2 is 1.75 bits per heavy atom. The van der Waals surface area contributed by atoms with Gasteiger partial charge in [0.1, 0.15) is 0 Å². The van der Waals surface area contributed by atoms with Gasteiger partial charge in [-0.2, -0.15) is 0 Å². The molecule has 2 aromatic carbocycles. The molecule has 0 bridgehead atoms. The van der Waals surface area contributed by atoms with E-state index in [0.29, 0.717) is 12.1 Å². The summed E-state index contributed by atoms with van der Waals surface area (Å²) in [5.74, 6) is -0.135. The van der Waals surface area contributed by atoms with Crippen LogP contribution in [0.15, 0.2) is 65.7 Å². The standard InChI is InChI=1S/C16H15BrN2O/c1-2-11-18-12-7-9-13(10-8-12)19-16(20)14-5-3-4-6-15(14)17/h2-10,18H,1,11H2,(H,19,20). The predicted octanol–water partition coefficient (Wildman–Crippen LogP) is 4.30. The molecule has 2 N–H and O–H groups in total. The molecule has 0 atom stereocenters. The number of halogens is 1. The smallest absolute Gasteiger partial charge is 0.256 e. The largest absolute Gasteiger partial charge is 0.382 e. The molecule has 102 valence electrons. The van der Waals surface area contributed by atoms with Gasteiger partial charge in [0.15, 0.2) is 0 Å². The van der Waals surface area contributed by atoms with E-state index in [1.807, 2.05) is 42.5 Å². The first-order valence-corrected chi connectivity index (χ1v) is 7.00. The van der Waals surface area contributed by atoms with Crippen LogP contribution in [0, 0.1) is 0 Å². The lowest BCUT2D eigenvalue weighted by Crippen LogP contribution is -2.12. The van der Waals surface area contributed by atoms with Gasteiger partial charge in [-0.1, -0.05) is 18.2 Å². The molecule has 0 unspecified atom stereocenters. The van der Waals surface area contributed by atoms with Gasteiger partial charge < -0.3 is 10.6 Å². The second-order valence-corrected chi connectivity index (χ2v) is 5.04. The zero-order valence-corrected chi connectivity index (χ0v) is 12.5. The molecule has 0 aromatic heterocycles. The lowest BCUT2D eigenvalue weighted by atomic mass is 10.2. The second kappa shape index (κ2) is 6.91. The third kappa shape index (κ3) is 3.71. The van der Waals surface area contributed by atoms with E-state index < -0.39 is 0 Å². The summed E-state index contributed by atoms with van der Waals surface area (Å²) < 4.78 is 0.779. The number of hydrogen-bond donors (Lipinski definition) is 2. The van der Waals surface area contributed by atoms with Crippen LogP contribution in [-0.4, -0.2) is 12.5 Å². The fourth-order valence-corrected chi connectivity index (χ4v) is 2.17. The maximum atomic E-state index is 12.1. The lowest BCUT2D eigenvalue weighted by molar-refractivity contribution is 0.102. The average molecular weight is 331 g/mol. The van der Waals surface area contributed by atoms with E-state index in [2.05, 4.69) is 33.1 Å². The number of anilines is 2. The van der Waals surface area contributed by atoms with Crippen molar-refractivity contribution in [2.45, 2.75) is 0 Å². The Morgan fingerprint density at radius 1 is 1.10 bits per heavy atom. The number of nitrogens with one attached hydrogen (secondary N) is 2. The van der Waals surface area contributed by atoms with E-state index in [1.165, 1.54) is 0 Å². The van der Waals surface area contributed by atoms with E-state index in [1.54, 1.807) is 12.1 Å². The van der Waals surface area contributed by atoms with Crippen LogP contribution in [-0.2, 0) is 0 Å². The summed E-state index contributed by atoms with van der Waals surface area (Å²) in [5.41, 5.74) is 2.36. The van der Waals surface area contributed by atoms with Gasteiger partial charge in [0.05, 0.1) is 5.56 Å². The Labute approximate surface area is 126 Å². The molecule has 0 saturated carbocycles. The molecule has 0 aliphatic rings. The number of amides is 1. The van der Waals surface area contributed by atoms with Crippen LogP contribution >= 0.6 is 15.9 Å². The van der Waals surface area contributed by atoms with Crippen LogP contribution in [0.4, 0.5) is 11.4 Å². The number of rotatable bonds is 5. The van der Waals surface area contributed by atoms with Crippen molar-refractivity contribution in [2.24, 2.45) is 0 Å². The molecule has 3 nitrogen and oxygen atoms in total. The highest BCUT2D eigenvalue weighted by Crippen LogP contribution is 2.19. The molecule has 20 heavy (non-hydrogen) atoms. The average Bonchev–Trinajstić information content (AvgIpc) is 2.47. The summed E-state index contributed by atoms with van der Waals surface area (Å²) >= 11 is 3.37. The maximum Gasteiger partial charge on any atom is 0.256 e. The maximum absolute atomic E-state index is 12.1. The molecule has 0 spiro atoms. The number of hydrogen-bond acceptors (Lipinski definition) is 2. The zero-order valence-electron chi connectivity index (χ0n) is 10.9. The summed E-state index contributed by atoms with van der Waals surface area (Å²) in [6.07, 6.45) is 1.79. The SMILES string of the molecule is C=CCNc1ccc(NC(=O)c2ccccc2Br)cc1. The highest BCUT2D eigenvalue weighted by molar-refractivity contribution is 9.10. The van der Waals surface area contributed by atoms with Crippen molar-refractivity contribution in [1.82, 2.24) is 0 Å². The number of carbonyl (C=O) groups is 1. The molecule has 4 heteroatoms. The van der Waals surface area contributed by atoms with Crippen molar-refractivity contribution >= 4 is 33.2 Å². The molecular formula is C16H15BrN2O. The van der Waals surface area contributed by atoms with Crippen molar-refractivity contribution in [3.05, 3.63) is 71.2 Å². The third-order valence-electron chi connectivity index (χ3n) is 2.71. The number of benzene rings is 2. The van der Waals surface area contributed by atoms with Crippen LogP contribution in [0.1, 0.15) is 10.4 Å². The molecule has 2 rings (SSSR count). The first-order chi connectivity index (χ1) is 9.70. The Kier molecular flexibility index (Phi) is 4.96. The lowest BCUT2D eigenvalue weighted by Gasteiger charge is -2.08. The van der Waals surface area contributed by atoms with Gasteiger partial charge >= 0.3 is 0 Å². The third-order valence-corrected chi connectivity index (χ3v) is 3.40. The van der Waals surface area contributed by atoms with Gasteiger partial charge in [0, 0.05) is 22.4 Å². The normalized spacial score (nSPS) is 9.85. The van der Waals surface area contributed by atoms with Crippen molar-refractivity contribution < 1.29 is 4.79 Å². The monoisotopic (exact) mass is 330 g/mol. The molecule has 1 amide bonds. The van der Waals surface area contributed by atoms with E-state index in [0.717, 1.165) is 15.8 Å². The number of carbonyl (C=O) groups excluding carboxylic acids is 1. The molecule has 2 aromatic rings. The van der Waals surface area contributed by atoms with Crippen molar-refractivity contribution in [3.63, 3.8) is 0 Å². The van der Waals surface area contributed by atoms with Gasteiger partial charge in [0.25, 0.3) is 5.91 Å². The van der Waals surface area contributed by atoms with Crippen LogP contribution in [0.5, 0.6) is 0 Å². The first kappa shape index (κ1) is 14.3. The first-order valence-electron chi connectivity index (χ1n) is 6.21. The van der Waals surface area contributed by atoms with Gasteiger partial charge in [0.2, 0.25) is 0 Å². The van der Waals surface area contributed by atoms with Crippen molar-refractivity contribution in [1.29, 1.82) is 0 Å². The molecular weight excluding hydrogens is 316 g/mol. The van der Waals surface area contributed by atoms with Crippen LogP contribution in [0.25, 0.3) is 0 Å². The summed E-state index contributed by atoms with van der Waals surface area (Å²) in [6.45, 7) is 4.36. The summed E-state index contributed by atoms with van der Waals surface area (Å²) in [5, 5.41) is 6.04. The second-order valence-electron chi connectivity index (χ2n) is 4.18. The molecule has 0 saturated heterocycles. The van der Waals surface area contributed by atoms with E-state index in [4.69, 9.17) is 0 Å². The Bertz CT molecular complexity index is 608. The van der Waals surface area contributed by atoms with E-state index >= 15 is 0 Å². The highest BCUT2D eigenvalue weighted by Gasteiger charge is 2.09. The Morgan fingerprint density at radius 3 is 2.40 bits per heavy atom. The molecule has 0 aliphatic heterocycles. The van der Waals surface area contributed by atoms with Crippen LogP contribution in [0.3, 0.4) is 0 Å². The minimum absolute atomic E-state index is 0.135. The quantitative estimate of drug-likeness (QED) is 0.802. The Hall–Kier alpha value is -2.07. The summed E-state index contributed by atoms with van der Waals surface area (Å²) in [4.78, 5) is 12.1. The van der Waals surface area contributed by atoms with Crippen LogP contribution in [0.2, 0.25) is 0 Å². The topological polar surface area (TPSA) is 41.1 Å². The van der Waals surface area contributed by atoms with Crippen molar-refractivity contribution in [3.8, 4) is 0 Å². The van der Waals surface area contributed by atoms with Gasteiger partial charge in [-0.3, -0.25) is 4.79 Å². The Balaban J connectivity index is 2.05. The van der Waals surface area contributed by atoms with Crippen LogP contribution < -0.4 is 10.6 Å². The van der Waals surface area contributed by atoms with E-state index in [9.17, 15) is 4.79 Å². The minimum atomic E-state index is -0.135. The molecule has 0 radical (unpaired) electrons. The van der Waals surface area contributed by atoms with Gasteiger partial charge in [-0.05, 0) is 52.3 Å². The molecule has 0 aliphatic carbocycles. The minimum Gasteiger partial charge on any atom is -0.382 e. The summed E-state index contributed by atoms with van der Waals surface area (Å²) in [6, 6.07) is 14.9. The fraction of sp³-hybridized carbons (Fsp3) is 0.0625. The van der Waals surface area contributed by atoms with Crippen molar-refractivity contribution in [2.75, 3.05) is 17.2 Å². The van der Waals surface area contributed by atoms with Gasteiger partial charge in [-0.15, -0.1) is 6.58 Å². The predicted molar refractivity (Wildman–Crippen MR) is 87.2 cm³/mol. The molecule has 0 fully saturated rings. The summed E-state index contributed by atoms with van der Waals surface area (Å²) in [7, 11) is 0. The fourth-order valence-electron chi connectivity index (χ4n) is 1.71. The highest BCUT2D eigenvalue weighted by atomic mass is 79.9. The van der Waals surface area contributed by atoms with Gasteiger partial charge in [-0.25, -0.2) is 0 Å². The zero-order chi connectivity index (χ0) is 14.4. The van der Waals surface area contributed by atoms with E-state index in [-0.39, 0.29) is 5.91 Å².